The minimum atomic E-state index is -4.63. The van der Waals surface area contributed by atoms with Gasteiger partial charge >= 0.3 is 23.5 Å². The first-order chi connectivity index (χ1) is 18.7. The average Bonchev–Trinajstić information content (AvgIpc) is 3.30. The van der Waals surface area contributed by atoms with Crippen LogP contribution in [0, 0.1) is 28.6 Å². The quantitative estimate of drug-likeness (QED) is 0.108. The molecule has 0 amide bonds. The smallest absolute Gasteiger partial charge is 0.356 e. The molecular formula is C26H34O15. The normalized spacial score (nSPS) is 42.1. The van der Waals surface area contributed by atoms with Crippen molar-refractivity contribution in [1.82, 2.24) is 0 Å². The highest BCUT2D eigenvalue weighted by Gasteiger charge is 2.76. The van der Waals surface area contributed by atoms with Crippen LogP contribution in [0.25, 0.3) is 0 Å². The van der Waals surface area contributed by atoms with E-state index >= 15 is 0 Å². The molecule has 1 saturated heterocycles. The highest BCUT2D eigenvalue weighted by molar-refractivity contribution is 6.01. The minimum absolute atomic E-state index is 0.0280. The lowest BCUT2D eigenvalue weighted by Gasteiger charge is -2.59. The predicted molar refractivity (Wildman–Crippen MR) is 128 cm³/mol. The molecule has 15 heteroatoms. The van der Waals surface area contributed by atoms with Gasteiger partial charge < -0.3 is 60.2 Å². The van der Waals surface area contributed by atoms with E-state index in [1.54, 1.807) is 19.1 Å². The van der Waals surface area contributed by atoms with E-state index in [1.807, 2.05) is 6.92 Å². The molecule has 1 aliphatic heterocycles. The lowest BCUT2D eigenvalue weighted by molar-refractivity contribution is -0.481. The van der Waals surface area contributed by atoms with Gasteiger partial charge in [0.1, 0.15) is 6.10 Å². The fourth-order valence-corrected chi connectivity index (χ4v) is 8.39. The number of rotatable bonds is 6. The lowest BCUT2D eigenvalue weighted by atomic mass is 9.46. The molecule has 0 aromatic rings. The van der Waals surface area contributed by atoms with Gasteiger partial charge in [0.05, 0.1) is 6.10 Å². The molecule has 5 rings (SSSR count). The molecular weight excluding hydrogens is 552 g/mol. The summed E-state index contributed by atoms with van der Waals surface area (Å²) < 4.78 is 15.8. The SMILES string of the molecule is CC12C=CC(=O)C=C1CCC1C2C(O)CC2(C)C1CC1OC(O)OC12C(=O)COC(=O)C(O)(C(O)(O)O)C(O)(O)O. The molecule has 9 atom stereocenters. The summed E-state index contributed by atoms with van der Waals surface area (Å²) in [7, 11) is 0. The second-order valence-corrected chi connectivity index (χ2v) is 12.2. The van der Waals surface area contributed by atoms with Crippen LogP contribution in [0.3, 0.4) is 0 Å². The molecule has 0 bridgehead atoms. The van der Waals surface area contributed by atoms with Crippen molar-refractivity contribution < 1.29 is 74.6 Å². The van der Waals surface area contributed by atoms with E-state index in [9.17, 15) is 60.3 Å². The number of fused-ring (bicyclic) bond motifs is 7. The molecule has 9 N–H and O–H groups in total. The van der Waals surface area contributed by atoms with Gasteiger partial charge in [0.25, 0.3) is 6.48 Å². The van der Waals surface area contributed by atoms with Gasteiger partial charge in [-0.05, 0) is 49.7 Å². The zero-order valence-electron chi connectivity index (χ0n) is 22.2. The molecule has 15 nitrogen and oxygen atoms in total. The van der Waals surface area contributed by atoms with Crippen molar-refractivity contribution in [2.45, 2.75) is 81.4 Å². The first-order valence-electron chi connectivity index (χ1n) is 13.1. The van der Waals surface area contributed by atoms with Crippen LogP contribution < -0.4 is 0 Å². The summed E-state index contributed by atoms with van der Waals surface area (Å²) in [4.78, 5) is 38.3. The van der Waals surface area contributed by atoms with Gasteiger partial charge in [-0.2, -0.15) is 0 Å². The Bertz CT molecular complexity index is 1200. The summed E-state index contributed by atoms with van der Waals surface area (Å²) in [6, 6.07) is 0. The van der Waals surface area contributed by atoms with E-state index < -0.39 is 71.0 Å². The van der Waals surface area contributed by atoms with Gasteiger partial charge in [-0.25, -0.2) is 4.79 Å². The predicted octanol–water partition coefficient (Wildman–Crippen LogP) is -3.59. The zero-order chi connectivity index (χ0) is 30.6. The van der Waals surface area contributed by atoms with E-state index in [4.69, 9.17) is 9.47 Å². The van der Waals surface area contributed by atoms with Gasteiger partial charge in [0, 0.05) is 16.7 Å². The van der Waals surface area contributed by atoms with Crippen LogP contribution in [0.4, 0.5) is 0 Å². The molecule has 228 valence electrons. The number of aliphatic hydroxyl groups excluding tert-OH is 2. The van der Waals surface area contributed by atoms with Crippen LogP contribution in [0.5, 0.6) is 0 Å². The highest BCUT2D eigenvalue weighted by atomic mass is 16.8. The fourth-order valence-electron chi connectivity index (χ4n) is 8.39. The van der Waals surface area contributed by atoms with Gasteiger partial charge in [0.15, 0.2) is 18.0 Å². The fraction of sp³-hybridized carbons (Fsp3) is 0.731. The maximum absolute atomic E-state index is 13.8. The highest BCUT2D eigenvalue weighted by Crippen LogP contribution is 2.69. The average molecular weight is 587 g/mol. The lowest BCUT2D eigenvalue weighted by Crippen LogP contribution is -2.73. The number of hydrogen-bond donors (Lipinski definition) is 9. The second-order valence-electron chi connectivity index (χ2n) is 12.2. The maximum atomic E-state index is 13.8. The van der Waals surface area contributed by atoms with Crippen molar-refractivity contribution >= 4 is 17.5 Å². The molecule has 0 radical (unpaired) electrons. The zero-order valence-corrected chi connectivity index (χ0v) is 22.2. The Labute approximate surface area is 232 Å². The Balaban J connectivity index is 1.46. The largest absolute Gasteiger partial charge is 0.455 e. The van der Waals surface area contributed by atoms with E-state index in [-0.39, 0.29) is 36.4 Å². The van der Waals surface area contributed by atoms with Crippen LogP contribution in [0.2, 0.25) is 0 Å². The first-order valence-corrected chi connectivity index (χ1v) is 13.1. The van der Waals surface area contributed by atoms with Crippen LogP contribution in [0.15, 0.2) is 23.8 Å². The van der Waals surface area contributed by atoms with Crippen LogP contribution in [0.1, 0.15) is 39.5 Å². The van der Waals surface area contributed by atoms with E-state index in [0.29, 0.717) is 12.8 Å². The molecule has 41 heavy (non-hydrogen) atoms. The molecule has 4 fully saturated rings. The second kappa shape index (κ2) is 9.17. The van der Waals surface area contributed by atoms with E-state index in [2.05, 4.69) is 4.74 Å². The third-order valence-corrected chi connectivity index (χ3v) is 10.2. The van der Waals surface area contributed by atoms with Crippen molar-refractivity contribution in [1.29, 1.82) is 0 Å². The molecule has 0 aromatic heterocycles. The van der Waals surface area contributed by atoms with Crippen LogP contribution >= 0.6 is 0 Å². The van der Waals surface area contributed by atoms with Gasteiger partial charge in [-0.15, -0.1) is 0 Å². The third-order valence-electron chi connectivity index (χ3n) is 10.2. The topological polar surface area (TPSA) is 261 Å². The minimum Gasteiger partial charge on any atom is -0.455 e. The van der Waals surface area contributed by atoms with Crippen molar-refractivity contribution in [2.75, 3.05) is 6.61 Å². The number of allylic oxidation sites excluding steroid dienone is 4. The van der Waals surface area contributed by atoms with Crippen LogP contribution in [-0.4, -0.2) is 112 Å². The maximum Gasteiger partial charge on any atom is 0.356 e. The Morgan fingerprint density at radius 1 is 1.07 bits per heavy atom. The monoisotopic (exact) mass is 586 g/mol. The van der Waals surface area contributed by atoms with Crippen molar-refractivity contribution in [3.05, 3.63) is 23.8 Å². The standard InChI is InChI=1S/C26H34O15/c1-21-6-5-12(27)7-11(21)3-4-13-14-8-17-23(41-20(31)40-17,22(14,2)9-15(28)18(13)21)16(29)10-39-19(30)24(32,25(33,34)35)26(36,37)38/h5-7,13-15,17-18,20,28,31-38H,3-4,8-10H2,1-2H3. The van der Waals surface area contributed by atoms with Crippen molar-refractivity contribution in [3.63, 3.8) is 0 Å². The molecule has 3 saturated carbocycles. The third kappa shape index (κ3) is 3.96. The number of carbonyl (C=O) groups is 3. The van der Waals surface area contributed by atoms with E-state index in [1.165, 1.54) is 6.08 Å². The summed E-state index contributed by atoms with van der Waals surface area (Å²) in [5.41, 5.74) is -7.51. The number of hydrogen-bond acceptors (Lipinski definition) is 15. The summed E-state index contributed by atoms with van der Waals surface area (Å²) in [5.74, 6) is -13.7. The molecule has 1 heterocycles. The Kier molecular flexibility index (Phi) is 6.78. The Hall–Kier alpha value is -2.15. The van der Waals surface area contributed by atoms with Gasteiger partial charge in [0.2, 0.25) is 5.78 Å². The molecule has 5 aliphatic rings. The van der Waals surface area contributed by atoms with E-state index in [0.717, 1.165) is 5.57 Å². The summed E-state index contributed by atoms with van der Waals surface area (Å²) in [5, 5.41) is 87.8. The first kappa shape index (κ1) is 30.3. The van der Waals surface area contributed by atoms with Crippen molar-refractivity contribution in [3.8, 4) is 0 Å². The number of aliphatic hydroxyl groups is 9. The summed E-state index contributed by atoms with van der Waals surface area (Å²) in [6.45, 7) is 0.422. The molecule has 9 unspecified atom stereocenters. The van der Waals surface area contributed by atoms with Crippen molar-refractivity contribution in [2.24, 2.45) is 28.6 Å². The Morgan fingerprint density at radius 3 is 2.32 bits per heavy atom. The Morgan fingerprint density at radius 2 is 1.71 bits per heavy atom. The number of Topliss-reactive ketones (excluding diaryl/α,β-unsaturated/α-hetero) is 1. The summed E-state index contributed by atoms with van der Waals surface area (Å²) >= 11 is 0. The molecule has 0 spiro atoms. The number of ketones is 2. The molecule has 4 aliphatic carbocycles. The summed E-state index contributed by atoms with van der Waals surface area (Å²) in [6.07, 6.45) is 4.07. The van der Waals surface area contributed by atoms with Crippen LogP contribution in [-0.2, 0) is 28.6 Å². The molecule has 0 aromatic carbocycles. The van der Waals surface area contributed by atoms with Gasteiger partial charge in [-0.3, -0.25) is 9.59 Å². The number of ether oxygens (including phenoxy) is 3. The number of esters is 1. The van der Waals surface area contributed by atoms with Gasteiger partial charge in [-0.1, -0.05) is 25.5 Å². The number of carbonyl (C=O) groups excluding carboxylic acids is 3.